The maximum Gasteiger partial charge on any atom is 0.414 e. The number of methoxy groups -OCH3 is 1. The largest absolute Gasteiger partial charge is 0.497 e. The summed E-state index contributed by atoms with van der Waals surface area (Å²) in [7, 11) is 1.58. The molecule has 1 fully saturated rings. The van der Waals surface area contributed by atoms with E-state index in [0.717, 1.165) is 5.69 Å². The molecule has 1 N–H and O–H groups in total. The first-order chi connectivity index (χ1) is 11.2. The summed E-state index contributed by atoms with van der Waals surface area (Å²) in [5.74, 6) is 0.596. The minimum absolute atomic E-state index is 0.220. The molecule has 1 saturated heterocycles. The summed E-state index contributed by atoms with van der Waals surface area (Å²) in [4.78, 5) is 25.3. The van der Waals surface area contributed by atoms with Crippen LogP contribution in [0.5, 0.6) is 5.75 Å². The fourth-order valence-corrected chi connectivity index (χ4v) is 2.30. The van der Waals surface area contributed by atoms with Crippen LogP contribution in [0.25, 0.3) is 0 Å². The number of hydrogen-bond donors (Lipinski definition) is 1. The van der Waals surface area contributed by atoms with Gasteiger partial charge in [0.1, 0.15) is 11.9 Å². The van der Waals surface area contributed by atoms with Crippen LogP contribution >= 0.6 is 0 Å². The Balaban J connectivity index is 1.57. The topological polar surface area (TPSA) is 81.0 Å². The van der Waals surface area contributed by atoms with Crippen molar-refractivity contribution in [2.24, 2.45) is 0 Å². The Morgan fingerprint density at radius 1 is 1.35 bits per heavy atom. The molecule has 1 aromatic heterocycles. The van der Waals surface area contributed by atoms with Gasteiger partial charge < -0.3 is 19.2 Å². The molecule has 23 heavy (non-hydrogen) atoms. The van der Waals surface area contributed by atoms with Crippen LogP contribution in [-0.4, -0.2) is 38.3 Å². The second-order valence-electron chi connectivity index (χ2n) is 5.00. The van der Waals surface area contributed by atoms with E-state index in [9.17, 15) is 9.59 Å². The average molecular weight is 316 g/mol. The number of ether oxygens (including phenoxy) is 2. The number of benzene rings is 1. The molecule has 1 atom stereocenters. The van der Waals surface area contributed by atoms with Gasteiger partial charge in [-0.05, 0) is 36.4 Å². The van der Waals surface area contributed by atoms with Crippen LogP contribution in [0, 0.1) is 0 Å². The Kier molecular flexibility index (Phi) is 4.18. The van der Waals surface area contributed by atoms with Crippen LogP contribution in [0.2, 0.25) is 0 Å². The highest BCUT2D eigenvalue weighted by molar-refractivity contribution is 5.92. The van der Waals surface area contributed by atoms with Gasteiger partial charge in [0.25, 0.3) is 5.91 Å². The van der Waals surface area contributed by atoms with E-state index < -0.39 is 12.2 Å². The van der Waals surface area contributed by atoms with E-state index >= 15 is 0 Å². The summed E-state index contributed by atoms with van der Waals surface area (Å²) in [6.45, 7) is 0.585. The van der Waals surface area contributed by atoms with Gasteiger partial charge in [0.2, 0.25) is 0 Å². The smallest absolute Gasteiger partial charge is 0.414 e. The molecule has 0 radical (unpaired) electrons. The second-order valence-corrected chi connectivity index (χ2v) is 5.00. The standard InChI is InChI=1S/C16H16N2O5/c1-21-12-6-4-11(5-7-12)18-10-13(23-16(18)20)9-17-15(19)14-3-2-8-22-14/h2-8,13H,9-10H2,1H3,(H,17,19). The van der Waals surface area contributed by atoms with Crippen molar-refractivity contribution in [1.82, 2.24) is 5.32 Å². The maximum atomic E-state index is 12.0. The first-order valence-electron chi connectivity index (χ1n) is 7.11. The highest BCUT2D eigenvalue weighted by atomic mass is 16.6. The number of nitrogens with zero attached hydrogens (tertiary/aromatic N) is 1. The monoisotopic (exact) mass is 316 g/mol. The number of carbonyl (C=O) groups excluding carboxylic acids is 2. The molecule has 2 amide bonds. The molecule has 1 aromatic carbocycles. The van der Waals surface area contributed by atoms with Crippen molar-refractivity contribution in [2.45, 2.75) is 6.10 Å². The van der Waals surface area contributed by atoms with E-state index in [2.05, 4.69) is 5.32 Å². The van der Waals surface area contributed by atoms with E-state index in [4.69, 9.17) is 13.9 Å². The molecule has 1 aliphatic rings. The quantitative estimate of drug-likeness (QED) is 0.913. The molecular formula is C16H16N2O5. The van der Waals surface area contributed by atoms with Crippen LogP contribution in [-0.2, 0) is 4.74 Å². The van der Waals surface area contributed by atoms with Crippen molar-refractivity contribution in [3.63, 3.8) is 0 Å². The van der Waals surface area contributed by atoms with Gasteiger partial charge in [-0.2, -0.15) is 0 Å². The van der Waals surface area contributed by atoms with E-state index in [0.29, 0.717) is 12.3 Å². The van der Waals surface area contributed by atoms with Crippen molar-refractivity contribution in [1.29, 1.82) is 0 Å². The van der Waals surface area contributed by atoms with Crippen LogP contribution in [0.3, 0.4) is 0 Å². The molecule has 1 aliphatic heterocycles. The third-order valence-corrected chi connectivity index (χ3v) is 3.49. The van der Waals surface area contributed by atoms with E-state index in [-0.39, 0.29) is 18.2 Å². The summed E-state index contributed by atoms with van der Waals surface area (Å²) in [5, 5.41) is 2.68. The van der Waals surface area contributed by atoms with Crippen molar-refractivity contribution < 1.29 is 23.5 Å². The minimum atomic E-state index is -0.438. The Hall–Kier alpha value is -2.96. The molecule has 2 heterocycles. The first-order valence-corrected chi connectivity index (χ1v) is 7.11. The summed E-state index contributed by atoms with van der Waals surface area (Å²) in [6, 6.07) is 10.3. The third-order valence-electron chi connectivity index (χ3n) is 3.49. The highest BCUT2D eigenvalue weighted by Crippen LogP contribution is 2.23. The zero-order valence-electron chi connectivity index (χ0n) is 12.5. The first kappa shape index (κ1) is 15.0. The molecular weight excluding hydrogens is 300 g/mol. The zero-order valence-corrected chi connectivity index (χ0v) is 12.5. The number of anilines is 1. The van der Waals surface area contributed by atoms with Gasteiger partial charge in [0.15, 0.2) is 5.76 Å². The van der Waals surface area contributed by atoms with Crippen LogP contribution in [0.4, 0.5) is 10.5 Å². The Labute approximate surface area is 132 Å². The predicted octanol–water partition coefficient (Wildman–Crippen LogP) is 2.04. The van der Waals surface area contributed by atoms with Crippen LogP contribution in [0.1, 0.15) is 10.6 Å². The van der Waals surface area contributed by atoms with Gasteiger partial charge in [-0.15, -0.1) is 0 Å². The highest BCUT2D eigenvalue weighted by Gasteiger charge is 2.32. The fraction of sp³-hybridized carbons (Fsp3) is 0.250. The number of furan rings is 1. The van der Waals surface area contributed by atoms with Crippen molar-refractivity contribution in [2.75, 3.05) is 25.1 Å². The van der Waals surface area contributed by atoms with Crippen molar-refractivity contribution in [3.8, 4) is 5.75 Å². The number of carbonyl (C=O) groups is 2. The van der Waals surface area contributed by atoms with Crippen LogP contribution < -0.4 is 15.0 Å². The second kappa shape index (κ2) is 6.43. The normalized spacial score (nSPS) is 17.0. The average Bonchev–Trinajstić information content (AvgIpc) is 3.22. The lowest BCUT2D eigenvalue weighted by Gasteiger charge is -2.13. The Morgan fingerprint density at radius 2 is 2.13 bits per heavy atom. The summed E-state index contributed by atoms with van der Waals surface area (Å²) < 4.78 is 15.4. The molecule has 7 nitrogen and oxygen atoms in total. The number of amides is 2. The SMILES string of the molecule is COc1ccc(N2CC(CNC(=O)c3ccco3)OC2=O)cc1. The van der Waals surface area contributed by atoms with Gasteiger partial charge in [-0.3, -0.25) is 9.69 Å². The molecule has 3 rings (SSSR count). The maximum absolute atomic E-state index is 12.0. The number of cyclic esters (lactones) is 1. The molecule has 0 spiro atoms. The number of nitrogens with one attached hydrogen (secondary N) is 1. The van der Waals surface area contributed by atoms with Gasteiger partial charge in [0.05, 0.1) is 26.5 Å². The Bertz CT molecular complexity index is 681. The lowest BCUT2D eigenvalue weighted by atomic mass is 10.2. The predicted molar refractivity (Wildman–Crippen MR) is 81.7 cm³/mol. The van der Waals surface area contributed by atoms with Gasteiger partial charge in [-0.25, -0.2) is 4.79 Å². The lowest BCUT2D eigenvalue weighted by molar-refractivity contribution is 0.0889. The molecule has 0 saturated carbocycles. The van der Waals surface area contributed by atoms with E-state index in [1.165, 1.54) is 11.2 Å². The molecule has 0 bridgehead atoms. The van der Waals surface area contributed by atoms with E-state index in [1.807, 2.05) is 0 Å². The molecule has 120 valence electrons. The summed E-state index contributed by atoms with van der Waals surface area (Å²) >= 11 is 0. The van der Waals surface area contributed by atoms with Gasteiger partial charge in [-0.1, -0.05) is 0 Å². The third kappa shape index (κ3) is 3.28. The molecule has 0 aliphatic carbocycles. The van der Waals surface area contributed by atoms with Gasteiger partial charge in [0, 0.05) is 5.69 Å². The van der Waals surface area contributed by atoms with E-state index in [1.54, 1.807) is 43.5 Å². The zero-order chi connectivity index (χ0) is 16.2. The number of hydrogen-bond acceptors (Lipinski definition) is 5. The minimum Gasteiger partial charge on any atom is -0.497 e. The van der Waals surface area contributed by atoms with Crippen LogP contribution in [0.15, 0.2) is 47.1 Å². The Morgan fingerprint density at radius 3 is 2.78 bits per heavy atom. The molecule has 2 aromatic rings. The van der Waals surface area contributed by atoms with Gasteiger partial charge >= 0.3 is 6.09 Å². The van der Waals surface area contributed by atoms with Crippen molar-refractivity contribution >= 4 is 17.7 Å². The molecule has 1 unspecified atom stereocenters. The lowest BCUT2D eigenvalue weighted by Crippen LogP contribution is -2.34. The fourth-order valence-electron chi connectivity index (χ4n) is 2.30. The molecule has 7 heteroatoms. The summed E-state index contributed by atoms with van der Waals surface area (Å²) in [5.41, 5.74) is 0.718. The summed E-state index contributed by atoms with van der Waals surface area (Å²) in [6.07, 6.45) is 0.576. The number of rotatable bonds is 5. The van der Waals surface area contributed by atoms with Crippen molar-refractivity contribution in [3.05, 3.63) is 48.4 Å².